The topological polar surface area (TPSA) is 114 Å². The first-order valence-corrected chi connectivity index (χ1v) is 8.68. The lowest BCUT2D eigenvalue weighted by Gasteiger charge is -2.17. The molecular formula is C19H23FN6O. The normalized spacial score (nSPS) is 17.8. The number of aliphatic hydroxyl groups excluding tert-OH is 1. The lowest BCUT2D eigenvalue weighted by molar-refractivity contribution is 0.198. The molecule has 27 heavy (non-hydrogen) atoms. The van der Waals surface area contributed by atoms with Gasteiger partial charge in [-0.15, -0.1) is 0 Å². The van der Waals surface area contributed by atoms with Crippen LogP contribution in [0.1, 0.15) is 23.2 Å². The maximum Gasteiger partial charge on any atom is 0.133 e. The van der Waals surface area contributed by atoms with E-state index in [2.05, 4.69) is 15.0 Å². The molecule has 2 aromatic rings. The van der Waals surface area contributed by atoms with Gasteiger partial charge in [-0.05, 0) is 24.1 Å². The minimum atomic E-state index is -0.456. The lowest BCUT2D eigenvalue weighted by atomic mass is 9.99. The summed E-state index contributed by atoms with van der Waals surface area (Å²) in [5.74, 6) is 0.306. The molecule has 0 spiro atoms. The van der Waals surface area contributed by atoms with Crippen molar-refractivity contribution in [3.63, 3.8) is 0 Å². The Balaban J connectivity index is 1.89. The van der Waals surface area contributed by atoms with Crippen molar-refractivity contribution in [3.05, 3.63) is 53.4 Å². The number of nitrogens with two attached hydrogens (primary N) is 2. The van der Waals surface area contributed by atoms with Crippen molar-refractivity contribution < 1.29 is 9.50 Å². The summed E-state index contributed by atoms with van der Waals surface area (Å²) in [6.07, 6.45) is 5.12. The summed E-state index contributed by atoms with van der Waals surface area (Å²) in [6, 6.07) is 4.83. The van der Waals surface area contributed by atoms with Crippen molar-refractivity contribution in [2.75, 3.05) is 30.8 Å². The number of nitrogens with zero attached hydrogens (tertiary/aromatic N) is 4. The van der Waals surface area contributed by atoms with Crippen LogP contribution in [0.3, 0.4) is 0 Å². The van der Waals surface area contributed by atoms with Crippen molar-refractivity contribution >= 4 is 23.3 Å². The van der Waals surface area contributed by atoms with Crippen molar-refractivity contribution in [2.45, 2.75) is 18.9 Å². The molecule has 7 nitrogen and oxygen atoms in total. The fourth-order valence-corrected chi connectivity index (χ4v) is 3.15. The molecule has 1 aromatic heterocycles. The van der Waals surface area contributed by atoms with Crippen LogP contribution >= 0.6 is 0 Å². The third-order valence-corrected chi connectivity index (χ3v) is 4.56. The van der Waals surface area contributed by atoms with Crippen molar-refractivity contribution in [2.24, 2.45) is 10.7 Å². The van der Waals surface area contributed by atoms with Crippen molar-refractivity contribution in [1.29, 1.82) is 0 Å². The monoisotopic (exact) mass is 370 g/mol. The van der Waals surface area contributed by atoms with Crippen molar-refractivity contribution in [1.82, 2.24) is 9.97 Å². The van der Waals surface area contributed by atoms with Gasteiger partial charge in [0.1, 0.15) is 18.0 Å². The molecule has 0 bridgehead atoms. The highest BCUT2D eigenvalue weighted by atomic mass is 19.1. The largest absolute Gasteiger partial charge is 0.404 e. The van der Waals surface area contributed by atoms with E-state index in [4.69, 9.17) is 11.5 Å². The Bertz CT molecular complexity index is 882. The Morgan fingerprint density at radius 2 is 2.22 bits per heavy atom. The summed E-state index contributed by atoms with van der Waals surface area (Å²) >= 11 is 0. The van der Waals surface area contributed by atoms with Crippen LogP contribution in [0.4, 0.5) is 15.9 Å². The highest BCUT2D eigenvalue weighted by Crippen LogP contribution is 2.26. The van der Waals surface area contributed by atoms with Gasteiger partial charge in [0, 0.05) is 61.9 Å². The number of anilines is 2. The maximum atomic E-state index is 14.3. The molecule has 8 heteroatoms. The van der Waals surface area contributed by atoms with E-state index in [9.17, 15) is 9.50 Å². The number of rotatable bonds is 5. The number of nitrogen functional groups attached to an aromatic ring is 1. The van der Waals surface area contributed by atoms with Crippen LogP contribution in [-0.4, -0.2) is 47.5 Å². The van der Waals surface area contributed by atoms with E-state index >= 15 is 0 Å². The van der Waals surface area contributed by atoms with Crippen LogP contribution in [0, 0.1) is 5.82 Å². The van der Waals surface area contributed by atoms with Crippen LogP contribution in [0.5, 0.6) is 0 Å². The average Bonchev–Trinajstić information content (AvgIpc) is 3.09. The van der Waals surface area contributed by atoms with Gasteiger partial charge >= 0.3 is 0 Å². The molecule has 1 aliphatic heterocycles. The number of aliphatic hydroxyl groups is 1. The second kappa shape index (κ2) is 8.13. The Morgan fingerprint density at radius 1 is 1.41 bits per heavy atom. The summed E-state index contributed by atoms with van der Waals surface area (Å²) in [5, 5.41) is 9.71. The minimum Gasteiger partial charge on any atom is -0.404 e. The third kappa shape index (κ3) is 4.22. The van der Waals surface area contributed by atoms with Gasteiger partial charge in [-0.1, -0.05) is 0 Å². The standard InChI is InChI=1S/C19H23FN6O/c1-23-9-13(8-21)16-5-12(18(22)7-17(16)20)4-14-6-19(25-11-24-14)26-3-2-15(27)10-26/h5-9,11,15,27H,2-4,10,21-22H2,1H3/t15-/m0/s1. The zero-order valence-electron chi connectivity index (χ0n) is 15.1. The number of aliphatic imine (C=N–C) groups is 1. The fourth-order valence-electron chi connectivity index (χ4n) is 3.15. The molecule has 0 unspecified atom stereocenters. The molecule has 1 aromatic carbocycles. The van der Waals surface area contributed by atoms with E-state index in [-0.39, 0.29) is 6.10 Å². The lowest BCUT2D eigenvalue weighted by Crippen LogP contribution is -2.22. The molecule has 142 valence electrons. The third-order valence-electron chi connectivity index (χ3n) is 4.56. The smallest absolute Gasteiger partial charge is 0.133 e. The molecule has 0 aliphatic carbocycles. The highest BCUT2D eigenvalue weighted by Gasteiger charge is 2.21. The number of allylic oxidation sites excluding steroid dienone is 1. The summed E-state index contributed by atoms with van der Waals surface area (Å²) in [4.78, 5) is 14.5. The molecule has 5 N–H and O–H groups in total. The Morgan fingerprint density at radius 3 is 2.89 bits per heavy atom. The number of β-amino-alcohol motifs (C(OH)–C–C–N with tert-alkyl or cyclic N) is 1. The van der Waals surface area contributed by atoms with Gasteiger partial charge in [-0.2, -0.15) is 0 Å². The zero-order valence-corrected chi connectivity index (χ0v) is 15.1. The average molecular weight is 370 g/mol. The number of halogens is 1. The van der Waals surface area contributed by atoms with Gasteiger partial charge in [-0.3, -0.25) is 4.99 Å². The Kier molecular flexibility index (Phi) is 5.66. The molecule has 1 fully saturated rings. The van der Waals surface area contributed by atoms with E-state index in [0.29, 0.717) is 29.8 Å². The van der Waals surface area contributed by atoms with E-state index in [1.54, 1.807) is 13.1 Å². The van der Waals surface area contributed by atoms with E-state index < -0.39 is 5.82 Å². The summed E-state index contributed by atoms with van der Waals surface area (Å²) in [5.41, 5.74) is 14.3. The first kappa shape index (κ1) is 18.8. The SMILES string of the molecule is CN=CC(=CN)c1cc(Cc2cc(N3CC[C@H](O)C3)ncn2)c(N)cc1F. The second-order valence-electron chi connectivity index (χ2n) is 6.47. The first-order chi connectivity index (χ1) is 13.0. The molecule has 0 saturated carbocycles. The first-order valence-electron chi connectivity index (χ1n) is 8.68. The maximum absolute atomic E-state index is 14.3. The molecular weight excluding hydrogens is 347 g/mol. The number of hydrogen-bond donors (Lipinski definition) is 3. The van der Waals surface area contributed by atoms with Gasteiger partial charge in [-0.25, -0.2) is 14.4 Å². The van der Waals surface area contributed by atoms with Crippen LogP contribution < -0.4 is 16.4 Å². The zero-order chi connectivity index (χ0) is 19.4. The summed E-state index contributed by atoms with van der Waals surface area (Å²) in [7, 11) is 1.59. The van der Waals surface area contributed by atoms with Gasteiger partial charge < -0.3 is 21.5 Å². The molecule has 0 radical (unpaired) electrons. The highest BCUT2D eigenvalue weighted by molar-refractivity contribution is 6.09. The van der Waals surface area contributed by atoms with Crippen LogP contribution in [0.25, 0.3) is 5.57 Å². The van der Waals surface area contributed by atoms with Gasteiger partial charge in [0.15, 0.2) is 0 Å². The number of benzene rings is 1. The van der Waals surface area contributed by atoms with Gasteiger partial charge in [0.2, 0.25) is 0 Å². The number of aromatic nitrogens is 2. The van der Waals surface area contributed by atoms with Crippen LogP contribution in [0.15, 0.2) is 35.7 Å². The summed E-state index contributed by atoms with van der Waals surface area (Å²) in [6.45, 7) is 1.31. The predicted molar refractivity (Wildman–Crippen MR) is 105 cm³/mol. The summed E-state index contributed by atoms with van der Waals surface area (Å²) < 4.78 is 14.3. The van der Waals surface area contributed by atoms with Crippen LogP contribution in [-0.2, 0) is 6.42 Å². The second-order valence-corrected chi connectivity index (χ2v) is 6.47. The van der Waals surface area contributed by atoms with Gasteiger partial charge in [0.05, 0.1) is 11.8 Å². The molecule has 1 atom stereocenters. The Hall–Kier alpha value is -3.00. The quantitative estimate of drug-likeness (QED) is 0.541. The van der Waals surface area contributed by atoms with E-state index in [1.165, 1.54) is 24.8 Å². The van der Waals surface area contributed by atoms with Crippen LogP contribution in [0.2, 0.25) is 0 Å². The van der Waals surface area contributed by atoms with Crippen molar-refractivity contribution in [3.8, 4) is 0 Å². The number of hydrogen-bond acceptors (Lipinski definition) is 7. The Labute approximate surface area is 157 Å². The van der Waals surface area contributed by atoms with E-state index in [1.807, 2.05) is 11.0 Å². The molecule has 1 saturated heterocycles. The molecule has 3 rings (SSSR count). The minimum absolute atomic E-state index is 0.333. The molecule has 2 heterocycles. The predicted octanol–water partition coefficient (Wildman–Crippen LogP) is 1.36. The molecule has 1 aliphatic rings. The van der Waals surface area contributed by atoms with Gasteiger partial charge in [0.25, 0.3) is 0 Å². The van der Waals surface area contributed by atoms with E-state index in [0.717, 1.165) is 30.0 Å². The molecule has 0 amide bonds. The fraction of sp³-hybridized carbons (Fsp3) is 0.316.